The molecule has 0 amide bonds. The Labute approximate surface area is 79.8 Å². The van der Waals surface area contributed by atoms with Crippen molar-refractivity contribution in [3.63, 3.8) is 0 Å². The molecule has 0 bridgehead atoms. The summed E-state index contributed by atoms with van der Waals surface area (Å²) in [6.07, 6.45) is 2.49. The summed E-state index contributed by atoms with van der Waals surface area (Å²) in [6, 6.07) is 0.281. The van der Waals surface area contributed by atoms with Gasteiger partial charge < -0.3 is 0 Å². The lowest BCUT2D eigenvalue weighted by Crippen LogP contribution is -2.49. The molecule has 1 atom stereocenters. The zero-order valence-electron chi connectivity index (χ0n) is 8.57. The lowest BCUT2D eigenvalue weighted by atomic mass is 10.2. The molecule has 4 nitrogen and oxygen atoms in total. The fraction of sp³-hybridized carbons (Fsp3) is 1.00. The van der Waals surface area contributed by atoms with Gasteiger partial charge in [-0.05, 0) is 19.9 Å². The molecule has 0 N–H and O–H groups in total. The summed E-state index contributed by atoms with van der Waals surface area (Å²) in [7, 11) is 0. The van der Waals surface area contributed by atoms with E-state index in [2.05, 4.69) is 24.0 Å². The molecule has 76 valence electrons. The summed E-state index contributed by atoms with van der Waals surface area (Å²) in [5.74, 6) is 0. The maximum Gasteiger partial charge on any atom is 0.0602 e. The Hall–Kier alpha value is -0.640. The predicted octanol–water partition coefficient (Wildman–Crippen LogP) is 1.47. The fourth-order valence-electron chi connectivity index (χ4n) is 1.73. The normalized spacial score (nSPS) is 24.8. The van der Waals surface area contributed by atoms with Crippen LogP contribution in [0.25, 0.3) is 0 Å². The second-order valence-electron chi connectivity index (χ2n) is 3.75. The Kier molecular flexibility index (Phi) is 4.15. The van der Waals surface area contributed by atoms with Gasteiger partial charge in [-0.3, -0.25) is 9.91 Å². The zero-order valence-corrected chi connectivity index (χ0v) is 8.57. The van der Waals surface area contributed by atoms with E-state index in [4.69, 9.17) is 0 Å². The highest BCUT2D eigenvalue weighted by molar-refractivity contribution is 4.76. The van der Waals surface area contributed by atoms with Crippen LogP contribution in [0.3, 0.4) is 0 Å². The SMILES string of the molecule is CCCCN1CCN(N=O)C(C)C1. The smallest absolute Gasteiger partial charge is 0.0602 e. The molecule has 13 heavy (non-hydrogen) atoms. The van der Waals surface area contributed by atoms with Crippen LogP contribution in [0.5, 0.6) is 0 Å². The van der Waals surface area contributed by atoms with Crippen LogP contribution in [0, 0.1) is 4.91 Å². The summed E-state index contributed by atoms with van der Waals surface area (Å²) in [4.78, 5) is 12.8. The number of rotatable bonds is 4. The molecule has 1 heterocycles. The van der Waals surface area contributed by atoms with Crippen molar-refractivity contribution in [2.24, 2.45) is 5.29 Å². The van der Waals surface area contributed by atoms with Gasteiger partial charge in [-0.1, -0.05) is 13.3 Å². The van der Waals surface area contributed by atoms with Crippen molar-refractivity contribution < 1.29 is 0 Å². The number of hydrogen-bond acceptors (Lipinski definition) is 3. The van der Waals surface area contributed by atoms with Crippen molar-refractivity contribution >= 4 is 0 Å². The molecule has 1 aliphatic heterocycles. The number of nitroso groups, excluding NO2 is 1. The van der Waals surface area contributed by atoms with Gasteiger partial charge in [-0.25, -0.2) is 0 Å². The van der Waals surface area contributed by atoms with E-state index >= 15 is 0 Å². The van der Waals surface area contributed by atoms with Crippen LogP contribution < -0.4 is 0 Å². The van der Waals surface area contributed by atoms with Gasteiger partial charge in [-0.15, -0.1) is 4.91 Å². The van der Waals surface area contributed by atoms with Crippen LogP contribution in [0.4, 0.5) is 0 Å². The van der Waals surface area contributed by atoms with Gasteiger partial charge >= 0.3 is 0 Å². The molecular weight excluding hydrogens is 166 g/mol. The second kappa shape index (κ2) is 5.17. The average molecular weight is 185 g/mol. The summed E-state index contributed by atoms with van der Waals surface area (Å²) in [5, 5.41) is 4.64. The molecule has 1 fully saturated rings. The first-order valence-corrected chi connectivity index (χ1v) is 5.10. The van der Waals surface area contributed by atoms with E-state index in [1.807, 2.05) is 0 Å². The van der Waals surface area contributed by atoms with Crippen molar-refractivity contribution in [3.05, 3.63) is 4.91 Å². The molecule has 0 aliphatic carbocycles. The van der Waals surface area contributed by atoms with Crippen molar-refractivity contribution in [1.29, 1.82) is 0 Å². The van der Waals surface area contributed by atoms with Crippen molar-refractivity contribution in [2.75, 3.05) is 26.2 Å². The highest BCUT2D eigenvalue weighted by Crippen LogP contribution is 2.09. The third-order valence-electron chi connectivity index (χ3n) is 2.61. The number of unbranched alkanes of at least 4 members (excludes halogenated alkanes) is 1. The summed E-state index contributed by atoms with van der Waals surface area (Å²) in [6.45, 7) is 8.16. The van der Waals surface area contributed by atoms with Crippen LogP contribution in [-0.4, -0.2) is 42.1 Å². The summed E-state index contributed by atoms with van der Waals surface area (Å²) in [5.41, 5.74) is 0. The topological polar surface area (TPSA) is 35.9 Å². The lowest BCUT2D eigenvalue weighted by molar-refractivity contribution is 0.0839. The Bertz CT molecular complexity index is 163. The first kappa shape index (κ1) is 10.4. The quantitative estimate of drug-likeness (QED) is 0.622. The molecule has 0 radical (unpaired) electrons. The molecule has 4 heteroatoms. The minimum atomic E-state index is 0.281. The maximum atomic E-state index is 10.3. The van der Waals surface area contributed by atoms with Crippen LogP contribution in [0.2, 0.25) is 0 Å². The minimum absolute atomic E-state index is 0.281. The van der Waals surface area contributed by atoms with Crippen molar-refractivity contribution in [2.45, 2.75) is 32.7 Å². The standard InChI is InChI=1S/C9H19N3O/c1-3-4-5-11-6-7-12(10-13)9(2)8-11/h9H,3-8H2,1-2H3. The van der Waals surface area contributed by atoms with Gasteiger partial charge in [0, 0.05) is 13.1 Å². The predicted molar refractivity (Wildman–Crippen MR) is 53.3 cm³/mol. The van der Waals surface area contributed by atoms with Gasteiger partial charge in [0.15, 0.2) is 0 Å². The molecule has 1 aliphatic rings. The van der Waals surface area contributed by atoms with Crippen molar-refractivity contribution in [3.8, 4) is 0 Å². The molecule has 0 aromatic heterocycles. The van der Waals surface area contributed by atoms with E-state index in [1.165, 1.54) is 12.8 Å². The fourth-order valence-corrected chi connectivity index (χ4v) is 1.73. The summed E-state index contributed by atoms with van der Waals surface area (Å²) < 4.78 is 0. The molecule has 0 aromatic carbocycles. The first-order valence-electron chi connectivity index (χ1n) is 5.10. The van der Waals surface area contributed by atoms with E-state index in [9.17, 15) is 4.91 Å². The van der Waals surface area contributed by atoms with Crippen LogP contribution in [-0.2, 0) is 0 Å². The van der Waals surface area contributed by atoms with Gasteiger partial charge in [0.1, 0.15) is 0 Å². The Balaban J connectivity index is 2.28. The Morgan fingerprint density at radius 2 is 2.23 bits per heavy atom. The zero-order chi connectivity index (χ0) is 9.68. The minimum Gasteiger partial charge on any atom is -0.299 e. The molecule has 0 aromatic rings. The van der Waals surface area contributed by atoms with Gasteiger partial charge in [0.25, 0.3) is 0 Å². The van der Waals surface area contributed by atoms with Gasteiger partial charge in [-0.2, -0.15) is 0 Å². The highest BCUT2D eigenvalue weighted by atomic mass is 16.3. The van der Waals surface area contributed by atoms with Crippen molar-refractivity contribution in [1.82, 2.24) is 9.91 Å². The highest BCUT2D eigenvalue weighted by Gasteiger charge is 2.22. The number of hydrogen-bond donors (Lipinski definition) is 0. The molecule has 0 spiro atoms. The third kappa shape index (κ3) is 2.95. The summed E-state index contributed by atoms with van der Waals surface area (Å²) >= 11 is 0. The lowest BCUT2D eigenvalue weighted by Gasteiger charge is -2.36. The van der Waals surface area contributed by atoms with Gasteiger partial charge in [0.2, 0.25) is 0 Å². The largest absolute Gasteiger partial charge is 0.299 e. The Morgan fingerprint density at radius 3 is 2.77 bits per heavy atom. The molecule has 1 saturated heterocycles. The maximum absolute atomic E-state index is 10.3. The van der Waals surface area contributed by atoms with Crippen LogP contribution in [0.15, 0.2) is 5.29 Å². The second-order valence-corrected chi connectivity index (χ2v) is 3.75. The first-order chi connectivity index (χ1) is 6.27. The van der Waals surface area contributed by atoms with Crippen LogP contribution in [0.1, 0.15) is 26.7 Å². The Morgan fingerprint density at radius 1 is 1.46 bits per heavy atom. The molecule has 1 rings (SSSR count). The third-order valence-corrected chi connectivity index (χ3v) is 2.61. The van der Waals surface area contributed by atoms with Gasteiger partial charge in [0.05, 0.1) is 17.9 Å². The average Bonchev–Trinajstić information content (AvgIpc) is 2.15. The van der Waals surface area contributed by atoms with E-state index in [0.717, 1.165) is 26.2 Å². The molecule has 1 unspecified atom stereocenters. The van der Waals surface area contributed by atoms with E-state index in [1.54, 1.807) is 5.01 Å². The van der Waals surface area contributed by atoms with E-state index < -0.39 is 0 Å². The van der Waals surface area contributed by atoms with E-state index in [-0.39, 0.29) is 6.04 Å². The monoisotopic (exact) mass is 185 g/mol. The van der Waals surface area contributed by atoms with Crippen LogP contribution >= 0.6 is 0 Å². The number of piperazine rings is 1. The molecular formula is C9H19N3O. The van der Waals surface area contributed by atoms with E-state index in [0.29, 0.717) is 0 Å². The molecule has 0 saturated carbocycles. The number of nitrogens with zero attached hydrogens (tertiary/aromatic N) is 3.